The molecule has 17 heavy (non-hydrogen) atoms. The van der Waals surface area contributed by atoms with Gasteiger partial charge in [0.25, 0.3) is 0 Å². The van der Waals surface area contributed by atoms with E-state index in [1.54, 1.807) is 12.3 Å². The van der Waals surface area contributed by atoms with Crippen molar-refractivity contribution in [2.24, 2.45) is 4.99 Å². The molecule has 1 atom stereocenters. The van der Waals surface area contributed by atoms with Crippen LogP contribution in [0.4, 0.5) is 0 Å². The number of hydroxylamine groups is 2. The Hall–Kier alpha value is -1.73. The van der Waals surface area contributed by atoms with Gasteiger partial charge in [0.2, 0.25) is 5.78 Å². The summed E-state index contributed by atoms with van der Waals surface area (Å²) in [6.07, 6.45) is 4.29. The van der Waals surface area contributed by atoms with Crippen LogP contribution in [0.3, 0.4) is 0 Å². The molecule has 2 aliphatic rings. The molecule has 0 bridgehead atoms. The van der Waals surface area contributed by atoms with Crippen molar-refractivity contribution in [1.29, 1.82) is 5.41 Å². The number of hydrogen-bond acceptors (Lipinski definition) is 5. The topological polar surface area (TPSA) is 101 Å². The average Bonchev–Trinajstić information content (AvgIpc) is 2.67. The predicted octanol–water partition coefficient (Wildman–Crippen LogP) is -0.551. The van der Waals surface area contributed by atoms with Gasteiger partial charge in [0.15, 0.2) is 11.8 Å². The van der Waals surface area contributed by atoms with E-state index < -0.39 is 0 Å². The van der Waals surface area contributed by atoms with Gasteiger partial charge in [-0.2, -0.15) is 5.06 Å². The lowest BCUT2D eigenvalue weighted by Gasteiger charge is -2.16. The Labute approximate surface area is 98.7 Å². The molecular weight excluding hydrogens is 222 g/mol. The zero-order valence-electron chi connectivity index (χ0n) is 9.31. The van der Waals surface area contributed by atoms with Crippen LogP contribution >= 0.6 is 0 Å². The number of aliphatic imine (C=N–C) groups is 1. The molecule has 2 aliphatic heterocycles. The van der Waals surface area contributed by atoms with Crippen LogP contribution in [0.25, 0.3) is 0 Å². The maximum Gasteiger partial charge on any atom is 0.201 e. The van der Waals surface area contributed by atoms with Crippen molar-refractivity contribution < 1.29 is 10.0 Å². The molecule has 0 saturated carbocycles. The molecule has 7 heteroatoms. The molecule has 1 unspecified atom stereocenters. The average molecular weight is 237 g/mol. The Morgan fingerprint density at radius 3 is 3.12 bits per heavy atom. The van der Waals surface area contributed by atoms with Crippen LogP contribution in [0.2, 0.25) is 0 Å². The van der Waals surface area contributed by atoms with Crippen LogP contribution < -0.4 is 10.6 Å². The van der Waals surface area contributed by atoms with E-state index in [9.17, 15) is 10.0 Å². The monoisotopic (exact) mass is 237 g/mol. The van der Waals surface area contributed by atoms with Crippen LogP contribution in [-0.4, -0.2) is 47.0 Å². The number of nitrogens with one attached hydrogen (secondary N) is 3. The highest BCUT2D eigenvalue weighted by atomic mass is 16.5. The molecule has 1 fully saturated rings. The van der Waals surface area contributed by atoms with Crippen LogP contribution in [0, 0.1) is 5.41 Å². The summed E-state index contributed by atoms with van der Waals surface area (Å²) in [6.45, 7) is 1.07. The van der Waals surface area contributed by atoms with E-state index in [-0.39, 0.29) is 23.6 Å². The van der Waals surface area contributed by atoms with E-state index in [0.29, 0.717) is 19.5 Å². The lowest BCUT2D eigenvalue weighted by atomic mass is 10.2. The lowest BCUT2D eigenvalue weighted by Crippen LogP contribution is -2.48. The molecule has 2 heterocycles. The molecule has 0 radical (unpaired) electrons. The van der Waals surface area contributed by atoms with Crippen molar-refractivity contribution in [3.05, 3.63) is 12.3 Å². The van der Waals surface area contributed by atoms with Crippen molar-refractivity contribution in [3.63, 3.8) is 0 Å². The summed E-state index contributed by atoms with van der Waals surface area (Å²) in [6, 6.07) is 0.0230. The maximum absolute atomic E-state index is 11.4. The number of rotatable bonds is 1. The van der Waals surface area contributed by atoms with E-state index in [1.807, 2.05) is 0 Å². The molecule has 92 valence electrons. The summed E-state index contributed by atoms with van der Waals surface area (Å²) >= 11 is 0. The zero-order valence-corrected chi connectivity index (χ0v) is 9.31. The smallest absolute Gasteiger partial charge is 0.201 e. The van der Waals surface area contributed by atoms with E-state index in [1.165, 1.54) is 5.06 Å². The van der Waals surface area contributed by atoms with Crippen LogP contribution in [0.15, 0.2) is 17.3 Å². The third kappa shape index (κ3) is 3.11. The van der Waals surface area contributed by atoms with Crippen molar-refractivity contribution in [2.45, 2.75) is 18.9 Å². The molecule has 0 aromatic rings. The summed E-state index contributed by atoms with van der Waals surface area (Å²) in [5.41, 5.74) is 0. The van der Waals surface area contributed by atoms with Crippen molar-refractivity contribution in [1.82, 2.24) is 15.7 Å². The number of carbonyl (C=O) groups excluding carboxylic acids is 1. The fraction of sp³-hybridized carbons (Fsp3) is 0.500. The highest BCUT2D eigenvalue weighted by molar-refractivity contribution is 6.42. The summed E-state index contributed by atoms with van der Waals surface area (Å²) < 4.78 is 0. The predicted molar refractivity (Wildman–Crippen MR) is 62.0 cm³/mol. The largest absolute Gasteiger partial charge is 0.352 e. The van der Waals surface area contributed by atoms with Gasteiger partial charge in [-0.05, 0) is 6.42 Å². The summed E-state index contributed by atoms with van der Waals surface area (Å²) in [4.78, 5) is 15.3. The molecule has 0 aliphatic carbocycles. The lowest BCUT2D eigenvalue weighted by molar-refractivity contribution is -0.112. The first-order valence-corrected chi connectivity index (χ1v) is 5.47. The number of amidine groups is 1. The van der Waals surface area contributed by atoms with Gasteiger partial charge in [-0.15, -0.1) is 0 Å². The van der Waals surface area contributed by atoms with Gasteiger partial charge in [0.1, 0.15) is 0 Å². The van der Waals surface area contributed by atoms with E-state index in [0.717, 1.165) is 6.42 Å². The molecule has 4 N–H and O–H groups in total. The van der Waals surface area contributed by atoms with Gasteiger partial charge >= 0.3 is 0 Å². The highest BCUT2D eigenvalue weighted by Gasteiger charge is 2.22. The summed E-state index contributed by atoms with van der Waals surface area (Å²) in [5.74, 6) is 0.0887. The summed E-state index contributed by atoms with van der Waals surface area (Å²) in [7, 11) is 0. The third-order valence-electron chi connectivity index (χ3n) is 2.64. The second-order valence-corrected chi connectivity index (χ2v) is 4.03. The number of carbonyl (C=O) groups is 1. The van der Waals surface area contributed by atoms with Gasteiger partial charge in [0, 0.05) is 31.8 Å². The second kappa shape index (κ2) is 5.07. The molecule has 7 nitrogen and oxygen atoms in total. The van der Waals surface area contributed by atoms with Gasteiger partial charge in [-0.25, -0.2) is 4.99 Å². The first-order chi connectivity index (χ1) is 8.15. The minimum absolute atomic E-state index is 0.0230. The molecule has 0 aromatic heterocycles. The number of Topliss-reactive ketones (excluding diaryl/α,β-unsaturated/α-hetero) is 1. The Kier molecular flexibility index (Phi) is 3.50. The number of nitrogens with zero attached hydrogens (tertiary/aromatic N) is 2. The molecule has 0 amide bonds. The SMILES string of the molecule is N=C(NC1=NC=CCC1=O)NC1CCN(O)C1. The fourth-order valence-corrected chi connectivity index (χ4v) is 1.78. The van der Waals surface area contributed by atoms with Crippen molar-refractivity contribution >= 4 is 17.6 Å². The van der Waals surface area contributed by atoms with Crippen LogP contribution in [-0.2, 0) is 4.79 Å². The number of ketones is 1. The van der Waals surface area contributed by atoms with Gasteiger partial charge < -0.3 is 15.8 Å². The number of allylic oxidation sites excluding steroid dienone is 1. The Morgan fingerprint density at radius 1 is 1.65 bits per heavy atom. The summed E-state index contributed by atoms with van der Waals surface area (Å²) in [5, 5.41) is 23.6. The number of hydrogen-bond donors (Lipinski definition) is 4. The van der Waals surface area contributed by atoms with Gasteiger partial charge in [0.05, 0.1) is 0 Å². The quantitative estimate of drug-likeness (QED) is 0.362. The van der Waals surface area contributed by atoms with Gasteiger partial charge in [-0.1, -0.05) is 6.08 Å². The highest BCUT2D eigenvalue weighted by Crippen LogP contribution is 2.05. The second-order valence-electron chi connectivity index (χ2n) is 4.03. The maximum atomic E-state index is 11.4. The molecular formula is C10H15N5O2. The number of guanidine groups is 1. The fourth-order valence-electron chi connectivity index (χ4n) is 1.78. The Bertz CT molecular complexity index is 390. The van der Waals surface area contributed by atoms with E-state index >= 15 is 0 Å². The first-order valence-electron chi connectivity index (χ1n) is 5.47. The van der Waals surface area contributed by atoms with E-state index in [2.05, 4.69) is 15.6 Å². The van der Waals surface area contributed by atoms with Crippen molar-refractivity contribution in [2.75, 3.05) is 13.1 Å². The van der Waals surface area contributed by atoms with Gasteiger partial charge in [-0.3, -0.25) is 10.2 Å². The van der Waals surface area contributed by atoms with Crippen LogP contribution in [0.5, 0.6) is 0 Å². The van der Waals surface area contributed by atoms with Crippen LogP contribution in [0.1, 0.15) is 12.8 Å². The standard InChI is InChI=1S/C10H15N5O2/c11-10(13-7-3-5-15(17)6-7)14-9-8(16)2-1-4-12-9/h1,4,7,17H,2-3,5-6H2,(H3,11,12,13,14). The molecule has 0 spiro atoms. The zero-order chi connectivity index (χ0) is 12.3. The Balaban J connectivity index is 1.83. The third-order valence-corrected chi connectivity index (χ3v) is 2.64. The minimum Gasteiger partial charge on any atom is -0.352 e. The van der Waals surface area contributed by atoms with E-state index in [4.69, 9.17) is 5.41 Å². The Morgan fingerprint density at radius 2 is 2.47 bits per heavy atom. The molecule has 2 rings (SSSR count). The minimum atomic E-state index is -0.130. The first kappa shape index (κ1) is 11.7. The molecule has 1 saturated heterocycles. The van der Waals surface area contributed by atoms with Crippen molar-refractivity contribution in [3.8, 4) is 0 Å². The normalized spacial score (nSPS) is 24.6. The molecule has 0 aromatic carbocycles.